The molecule has 0 spiro atoms. The zero-order valence-electron chi connectivity index (χ0n) is 21.0. The molecule has 6 rings (SSSR count). The number of nitrogens with zero attached hydrogens (tertiary/aromatic N) is 5. The van der Waals surface area contributed by atoms with Crippen LogP contribution in [0.4, 0.5) is 0 Å². The molecular formula is C28H31N7O2. The van der Waals surface area contributed by atoms with E-state index in [0.717, 1.165) is 64.9 Å². The van der Waals surface area contributed by atoms with Crippen molar-refractivity contribution in [1.82, 2.24) is 24.5 Å². The summed E-state index contributed by atoms with van der Waals surface area (Å²) in [5.74, 6) is -1.61. The van der Waals surface area contributed by atoms with Gasteiger partial charge in [0.15, 0.2) is 5.85 Å². The van der Waals surface area contributed by atoms with Crippen LogP contribution in [0.5, 0.6) is 0 Å². The maximum atomic E-state index is 10.4. The fourth-order valence-electron chi connectivity index (χ4n) is 5.75. The first-order chi connectivity index (χ1) is 17.8. The number of hydrogen-bond donors (Lipinski definition) is 3. The zero-order valence-corrected chi connectivity index (χ0v) is 21.0. The number of fused-ring (bicyclic) bond motifs is 3. The summed E-state index contributed by atoms with van der Waals surface area (Å²) in [4.78, 5) is 4.94. The van der Waals surface area contributed by atoms with E-state index in [4.69, 9.17) is 21.2 Å². The van der Waals surface area contributed by atoms with Crippen LogP contribution in [0.25, 0.3) is 33.2 Å². The Balaban J connectivity index is 1.69. The lowest BCUT2D eigenvalue weighted by molar-refractivity contribution is 0.0509. The quantitative estimate of drug-likeness (QED) is 0.318. The highest BCUT2D eigenvalue weighted by molar-refractivity contribution is 6.07. The number of rotatable bonds is 5. The first kappa shape index (κ1) is 23.7. The second-order valence-electron chi connectivity index (χ2n) is 9.97. The second-order valence-corrected chi connectivity index (χ2v) is 9.97. The van der Waals surface area contributed by atoms with Crippen LogP contribution < -0.4 is 11.5 Å². The van der Waals surface area contributed by atoms with Gasteiger partial charge in [0, 0.05) is 43.0 Å². The molecule has 1 saturated heterocycles. The molecule has 0 radical (unpaired) electrons. The number of benzene rings is 2. The molecule has 1 fully saturated rings. The van der Waals surface area contributed by atoms with Gasteiger partial charge in [-0.15, -0.1) is 5.10 Å². The molecule has 1 aliphatic rings. The molecule has 2 aromatic carbocycles. The van der Waals surface area contributed by atoms with Crippen molar-refractivity contribution in [3.05, 3.63) is 77.6 Å². The molecular weight excluding hydrogens is 466 g/mol. The van der Waals surface area contributed by atoms with Gasteiger partial charge in [-0.3, -0.25) is 16.5 Å². The van der Waals surface area contributed by atoms with Crippen LogP contribution in [0.15, 0.2) is 60.8 Å². The molecule has 1 aliphatic heterocycles. The van der Waals surface area contributed by atoms with E-state index >= 15 is 0 Å². The van der Waals surface area contributed by atoms with Gasteiger partial charge >= 0.3 is 0 Å². The van der Waals surface area contributed by atoms with Crippen LogP contribution >= 0.6 is 0 Å². The smallest absolute Gasteiger partial charge is 0.194 e. The van der Waals surface area contributed by atoms with Gasteiger partial charge in [-0.05, 0) is 43.4 Å². The van der Waals surface area contributed by atoms with Crippen LogP contribution in [0.3, 0.4) is 0 Å². The molecule has 190 valence electrons. The average molecular weight is 498 g/mol. The van der Waals surface area contributed by atoms with E-state index in [9.17, 15) is 5.11 Å². The predicted octanol–water partition coefficient (Wildman–Crippen LogP) is 3.33. The molecule has 1 atom stereocenters. The fourth-order valence-corrected chi connectivity index (χ4v) is 5.75. The van der Waals surface area contributed by atoms with Crippen molar-refractivity contribution in [2.45, 2.75) is 31.7 Å². The molecule has 0 saturated carbocycles. The fraction of sp³-hybridized carbons (Fsp3) is 0.321. The van der Waals surface area contributed by atoms with Crippen LogP contribution in [0.1, 0.15) is 35.7 Å². The summed E-state index contributed by atoms with van der Waals surface area (Å²) >= 11 is 0. The van der Waals surface area contributed by atoms with Gasteiger partial charge in [0.25, 0.3) is 0 Å². The summed E-state index contributed by atoms with van der Waals surface area (Å²) in [6.45, 7) is 3.41. The van der Waals surface area contributed by atoms with Gasteiger partial charge in [-0.2, -0.15) is 0 Å². The summed E-state index contributed by atoms with van der Waals surface area (Å²) in [5, 5.41) is 19.9. The molecule has 1 unspecified atom stereocenters. The average Bonchev–Trinajstić information content (AvgIpc) is 3.40. The number of pyridine rings is 1. The van der Waals surface area contributed by atoms with Crippen LogP contribution in [-0.2, 0) is 17.6 Å². The summed E-state index contributed by atoms with van der Waals surface area (Å²) in [6, 6.07) is 18.3. The third kappa shape index (κ3) is 4.10. The molecule has 9 nitrogen and oxygen atoms in total. The van der Waals surface area contributed by atoms with Crippen molar-refractivity contribution in [2.75, 3.05) is 13.2 Å². The van der Waals surface area contributed by atoms with Gasteiger partial charge in [0.1, 0.15) is 0 Å². The SMILES string of the molecule is Cc1nnn(C)c1-c1cnc2c3ccc(C(N)(N)O)cc3n(C(c3ccccc3)C3CCOCC3)c2c1. The number of aryl methyl sites for hydroxylation is 2. The van der Waals surface area contributed by atoms with Crippen molar-refractivity contribution in [3.63, 3.8) is 0 Å². The molecule has 5 aromatic rings. The van der Waals surface area contributed by atoms with Crippen molar-refractivity contribution in [2.24, 2.45) is 24.4 Å². The Morgan fingerprint density at radius 2 is 1.81 bits per heavy atom. The van der Waals surface area contributed by atoms with Crippen molar-refractivity contribution < 1.29 is 9.84 Å². The lowest BCUT2D eigenvalue weighted by atomic mass is 9.86. The Labute approximate surface area is 214 Å². The standard InChI is InChI=1S/C28H31N7O2/c1-17-26(34(2)33-32-17)20-14-24-25(31-16-20)22-9-8-21(28(29,30)36)15-23(22)35(24)27(18-6-4-3-5-7-18)19-10-12-37-13-11-19/h3-9,14-16,19,27,36H,10-13,29-30H2,1-2H3. The van der Waals surface area contributed by atoms with Gasteiger partial charge in [-0.1, -0.05) is 47.7 Å². The Bertz CT molecular complexity index is 1560. The number of aromatic nitrogens is 5. The van der Waals surface area contributed by atoms with E-state index in [0.29, 0.717) is 11.5 Å². The highest BCUT2D eigenvalue weighted by atomic mass is 16.5. The molecule has 0 bridgehead atoms. The molecule has 9 heteroatoms. The lowest BCUT2D eigenvalue weighted by Gasteiger charge is -2.33. The summed E-state index contributed by atoms with van der Waals surface area (Å²) in [5.41, 5.74) is 19.0. The van der Waals surface area contributed by atoms with Gasteiger partial charge in [0.05, 0.1) is 34.0 Å². The summed E-state index contributed by atoms with van der Waals surface area (Å²) in [6.07, 6.45) is 3.76. The molecule has 3 aromatic heterocycles. The van der Waals surface area contributed by atoms with Crippen LogP contribution in [-0.4, -0.2) is 42.9 Å². The minimum absolute atomic E-state index is 0.0202. The minimum atomic E-state index is -1.95. The van der Waals surface area contributed by atoms with Gasteiger partial charge in [0.2, 0.25) is 0 Å². The highest BCUT2D eigenvalue weighted by Crippen LogP contribution is 2.41. The molecule has 4 heterocycles. The van der Waals surface area contributed by atoms with Crippen LogP contribution in [0, 0.1) is 12.8 Å². The normalized spacial score (nSPS) is 16.0. The predicted molar refractivity (Wildman–Crippen MR) is 142 cm³/mol. The number of aliphatic hydroxyl groups is 1. The Hall–Kier alpha value is -3.63. The van der Waals surface area contributed by atoms with Gasteiger partial charge < -0.3 is 14.4 Å². The monoisotopic (exact) mass is 497 g/mol. The second kappa shape index (κ2) is 9.04. The van der Waals surface area contributed by atoms with E-state index < -0.39 is 5.85 Å². The van der Waals surface area contributed by atoms with Crippen molar-refractivity contribution in [1.29, 1.82) is 0 Å². The zero-order chi connectivity index (χ0) is 25.7. The molecule has 37 heavy (non-hydrogen) atoms. The largest absolute Gasteiger partial charge is 0.381 e. The third-order valence-corrected chi connectivity index (χ3v) is 7.50. The summed E-state index contributed by atoms with van der Waals surface area (Å²) < 4.78 is 9.86. The Morgan fingerprint density at radius 3 is 2.49 bits per heavy atom. The minimum Gasteiger partial charge on any atom is -0.381 e. The number of nitrogens with two attached hydrogens (primary N) is 2. The Morgan fingerprint density at radius 1 is 1.05 bits per heavy atom. The number of ether oxygens (including phenoxy) is 1. The molecule has 0 aliphatic carbocycles. The topological polar surface area (TPSA) is 130 Å². The first-order valence-electron chi connectivity index (χ1n) is 12.6. The van der Waals surface area contributed by atoms with E-state index in [2.05, 4.69) is 45.2 Å². The lowest BCUT2D eigenvalue weighted by Crippen LogP contribution is -2.45. The summed E-state index contributed by atoms with van der Waals surface area (Å²) in [7, 11) is 1.89. The van der Waals surface area contributed by atoms with Gasteiger partial charge in [-0.25, -0.2) is 4.68 Å². The first-order valence-corrected chi connectivity index (χ1v) is 12.6. The molecule has 0 amide bonds. The Kier molecular flexibility index (Phi) is 5.80. The van der Waals surface area contributed by atoms with Crippen molar-refractivity contribution >= 4 is 21.9 Å². The van der Waals surface area contributed by atoms with E-state index in [1.807, 2.05) is 38.4 Å². The van der Waals surface area contributed by atoms with Crippen molar-refractivity contribution in [3.8, 4) is 11.3 Å². The van der Waals surface area contributed by atoms with E-state index in [-0.39, 0.29) is 6.04 Å². The number of hydrogen-bond acceptors (Lipinski definition) is 7. The molecule has 5 N–H and O–H groups in total. The van der Waals surface area contributed by atoms with E-state index in [1.165, 1.54) is 5.56 Å². The highest BCUT2D eigenvalue weighted by Gasteiger charge is 2.31. The van der Waals surface area contributed by atoms with Crippen LogP contribution in [0.2, 0.25) is 0 Å². The van der Waals surface area contributed by atoms with E-state index in [1.54, 1.807) is 10.7 Å². The third-order valence-electron chi connectivity index (χ3n) is 7.50. The maximum Gasteiger partial charge on any atom is 0.194 e. The maximum absolute atomic E-state index is 10.4.